The average molecular weight is 158 g/mol. The fourth-order valence-electron chi connectivity index (χ4n) is 0. The standard InChI is InChI=1S/3ClH.2Mg.2H/h3*1H;;;;/q;;;;+2;;/p-2. The highest BCUT2D eigenvalue weighted by atomic mass is 35.6. The molecule has 0 fully saturated rings. The Morgan fingerprint density at radius 2 is 1.20 bits per heavy atom. The maximum atomic E-state index is 4.90. The van der Waals surface area contributed by atoms with Crippen LogP contribution in [-0.4, -0.2) is 41.2 Å². The van der Waals surface area contributed by atoms with Gasteiger partial charge in [0.05, 0.1) is 0 Å². The van der Waals surface area contributed by atoms with E-state index in [9.17, 15) is 0 Å². The van der Waals surface area contributed by atoms with E-state index in [-0.39, 0.29) is 35.5 Å². The first-order valence-corrected chi connectivity index (χ1v) is 4.81. The minimum atomic E-state index is -0.639. The van der Waals surface area contributed by atoms with Gasteiger partial charge in [0.1, 0.15) is 0 Å². The molecule has 0 rings (SSSR count). The van der Waals surface area contributed by atoms with Crippen LogP contribution in [-0.2, 0) is 0 Å². The predicted molar refractivity (Wildman–Crippen MR) is 33.3 cm³/mol. The lowest BCUT2D eigenvalue weighted by molar-refractivity contribution is 4.39. The summed E-state index contributed by atoms with van der Waals surface area (Å²) in [4.78, 5) is 0. The van der Waals surface area contributed by atoms with Crippen molar-refractivity contribution in [1.82, 2.24) is 0 Å². The zero-order valence-corrected chi connectivity index (χ0v) is 5.61. The molecule has 0 heterocycles. The molecule has 0 radical (unpaired) electrons. The highest BCUT2D eigenvalue weighted by molar-refractivity contribution is 7.22. The number of rotatable bonds is 0. The van der Waals surface area contributed by atoms with Gasteiger partial charge in [-0.05, 0) is 0 Å². The first-order valence-electron chi connectivity index (χ1n) is 0.535. The van der Waals surface area contributed by atoms with Gasteiger partial charge < -0.3 is 18.1 Å². The van der Waals surface area contributed by atoms with Crippen molar-refractivity contribution in [3.8, 4) is 0 Å². The Balaban J connectivity index is -0.0000000200. The minimum absolute atomic E-state index is 0. The van der Waals surface area contributed by atoms with Crippen molar-refractivity contribution in [2.24, 2.45) is 0 Å². The Morgan fingerprint density at radius 3 is 1.20 bits per heavy atom. The lowest BCUT2D eigenvalue weighted by Gasteiger charge is -1.33. The van der Waals surface area contributed by atoms with Crippen LogP contribution in [0.15, 0.2) is 0 Å². The van der Waals surface area contributed by atoms with Gasteiger partial charge in [-0.25, -0.2) is 0 Å². The van der Waals surface area contributed by atoms with Crippen molar-refractivity contribution < 1.29 is 0 Å². The first kappa shape index (κ1) is 15.7. The first-order chi connectivity index (χ1) is 1.41. The Bertz CT molecular complexity index is 4.85. The third-order valence-corrected chi connectivity index (χ3v) is 0. The lowest BCUT2D eigenvalue weighted by atomic mass is 24.1. The van der Waals surface area contributed by atoms with E-state index in [1.54, 1.807) is 0 Å². The molecule has 0 aromatic carbocycles. The van der Waals surface area contributed by atoms with E-state index in [0.717, 1.165) is 0 Å². The van der Waals surface area contributed by atoms with Crippen LogP contribution < -0.4 is 0 Å². The van der Waals surface area contributed by atoms with Gasteiger partial charge >= 0.3 is 41.2 Å². The number of hydrogen-bond donors (Lipinski definition) is 0. The molecule has 0 nitrogen and oxygen atoms in total. The summed E-state index contributed by atoms with van der Waals surface area (Å²) >= 11 is -0.639. The van der Waals surface area contributed by atoms with Crippen LogP contribution in [0.1, 0.15) is 0 Å². The van der Waals surface area contributed by atoms with Crippen molar-refractivity contribution in [1.29, 1.82) is 0 Å². The molecule has 0 saturated carbocycles. The molecule has 28 valence electrons. The average Bonchev–Trinajstić information content (AvgIpc) is 0.918. The molecule has 0 N–H and O–H groups in total. The SMILES string of the molecule is Cl.[Cl][Mg][Cl].[MgH2]. The fraction of sp³-hybridized carbons (Fsp3) is 0. The third-order valence-electron chi connectivity index (χ3n) is 0. The van der Waals surface area contributed by atoms with Crippen LogP contribution in [0.4, 0.5) is 0 Å². The van der Waals surface area contributed by atoms with Gasteiger partial charge in [0.15, 0.2) is 0 Å². The van der Waals surface area contributed by atoms with Gasteiger partial charge in [0.2, 0.25) is 0 Å². The molecule has 0 aromatic rings. The van der Waals surface area contributed by atoms with Crippen LogP contribution in [0, 0.1) is 0 Å². The molecular weight excluding hydrogens is 155 g/mol. The lowest BCUT2D eigenvalue weighted by Crippen LogP contribution is -1.36. The Kier molecular flexibility index (Phi) is 50.5. The van der Waals surface area contributed by atoms with Crippen molar-refractivity contribution in [3.63, 3.8) is 0 Å². The molecule has 0 unspecified atom stereocenters. The molecule has 0 aliphatic carbocycles. The topological polar surface area (TPSA) is 0 Å². The normalized spacial score (nSPS) is 2.00. The van der Waals surface area contributed by atoms with Crippen LogP contribution in [0.2, 0.25) is 0 Å². The van der Waals surface area contributed by atoms with Crippen molar-refractivity contribution in [2.75, 3.05) is 0 Å². The molecule has 5 heteroatoms. The van der Waals surface area contributed by atoms with Crippen LogP contribution >= 0.6 is 30.6 Å². The second-order valence-corrected chi connectivity index (χ2v) is 2.73. The summed E-state index contributed by atoms with van der Waals surface area (Å²) in [5.74, 6) is 0. The predicted octanol–water partition coefficient (Wildman–Crippen LogP) is 0.504. The summed E-state index contributed by atoms with van der Waals surface area (Å²) in [5.41, 5.74) is 0. The summed E-state index contributed by atoms with van der Waals surface area (Å²) in [7, 11) is 9.81. The Hall–Kier alpha value is 2.40. The van der Waals surface area contributed by atoms with Gasteiger partial charge in [-0.2, -0.15) is 0 Å². The molecule has 0 bridgehead atoms. The number of halogens is 3. The van der Waals surface area contributed by atoms with Gasteiger partial charge in [-0.1, -0.05) is 0 Å². The van der Waals surface area contributed by atoms with Gasteiger partial charge in [0, 0.05) is 0 Å². The number of hydrogen-bond acceptors (Lipinski definition) is 0. The molecule has 5 heavy (non-hydrogen) atoms. The summed E-state index contributed by atoms with van der Waals surface area (Å²) in [5, 5.41) is 0. The van der Waals surface area contributed by atoms with E-state index in [0.29, 0.717) is 0 Å². The van der Waals surface area contributed by atoms with E-state index in [2.05, 4.69) is 0 Å². The zero-order chi connectivity index (χ0) is 2.71. The fourth-order valence-corrected chi connectivity index (χ4v) is 0. The summed E-state index contributed by atoms with van der Waals surface area (Å²) in [6.07, 6.45) is 0. The van der Waals surface area contributed by atoms with Crippen LogP contribution in [0.25, 0.3) is 0 Å². The molecule has 0 amide bonds. The van der Waals surface area contributed by atoms with E-state index in [4.69, 9.17) is 18.1 Å². The van der Waals surface area contributed by atoms with Gasteiger partial charge in [0.25, 0.3) is 0 Å². The van der Waals surface area contributed by atoms with Gasteiger partial charge in [-0.15, -0.1) is 12.4 Å². The van der Waals surface area contributed by atoms with E-state index in [1.165, 1.54) is 0 Å². The largest absolute Gasteiger partial charge is 0.618 e. The highest BCUT2D eigenvalue weighted by Crippen LogP contribution is 1.67. The summed E-state index contributed by atoms with van der Waals surface area (Å²) in [6, 6.07) is 0. The smallest absolute Gasteiger partial charge is 0.309 e. The van der Waals surface area contributed by atoms with Crippen molar-refractivity contribution in [3.05, 3.63) is 0 Å². The van der Waals surface area contributed by atoms with Crippen molar-refractivity contribution in [2.45, 2.75) is 0 Å². The third kappa shape index (κ3) is 21.5. The van der Waals surface area contributed by atoms with E-state index < -0.39 is 18.2 Å². The van der Waals surface area contributed by atoms with Gasteiger partial charge in [-0.3, -0.25) is 0 Å². The van der Waals surface area contributed by atoms with Crippen LogP contribution in [0.5, 0.6) is 0 Å². The Morgan fingerprint density at radius 1 is 1.20 bits per heavy atom. The zero-order valence-electron chi connectivity index (χ0n) is 1.87. The second kappa shape index (κ2) is 16.1. The monoisotopic (exact) mass is 156 g/mol. The van der Waals surface area contributed by atoms with E-state index in [1.807, 2.05) is 0 Å². The molecule has 0 atom stereocenters. The molecule has 0 aromatic heterocycles. The Labute approximate surface area is 70.8 Å². The maximum absolute atomic E-state index is 4.90. The molecule has 0 spiro atoms. The maximum Gasteiger partial charge on any atom is 0.618 e. The quantitative estimate of drug-likeness (QED) is 0.450. The minimum Gasteiger partial charge on any atom is -0.309 e. The highest BCUT2D eigenvalue weighted by Gasteiger charge is 1.64. The van der Waals surface area contributed by atoms with Crippen LogP contribution in [0.3, 0.4) is 0 Å². The van der Waals surface area contributed by atoms with E-state index >= 15 is 0 Å². The molecule has 0 aliphatic heterocycles. The summed E-state index contributed by atoms with van der Waals surface area (Å²) < 4.78 is 0. The molecule has 0 saturated heterocycles. The molecule has 0 aliphatic rings. The van der Waals surface area contributed by atoms with Crippen molar-refractivity contribution >= 4 is 71.8 Å². The summed E-state index contributed by atoms with van der Waals surface area (Å²) in [6.45, 7) is 0. The molecular formula is H3Cl3Mg2. The second-order valence-electron chi connectivity index (χ2n) is 0.101.